The summed E-state index contributed by atoms with van der Waals surface area (Å²) in [6, 6.07) is 2.59. The molecular formula is C21H21BrN4O5. The van der Waals surface area contributed by atoms with Crippen LogP contribution in [0.15, 0.2) is 52.9 Å². The Labute approximate surface area is 187 Å². The molecule has 5 rings (SSSR count). The molecule has 4 amide bonds. The number of carbonyl (C=O) groups excluding carboxylic acids is 3. The zero-order valence-corrected chi connectivity index (χ0v) is 18.4. The van der Waals surface area contributed by atoms with Crippen molar-refractivity contribution < 1.29 is 23.9 Å². The lowest BCUT2D eigenvalue weighted by Crippen LogP contribution is -2.32. The number of rotatable bonds is 2. The minimum absolute atomic E-state index is 0.00898. The van der Waals surface area contributed by atoms with Crippen molar-refractivity contribution in [1.82, 2.24) is 20.9 Å². The lowest BCUT2D eigenvalue weighted by molar-refractivity contribution is -0.120. The van der Waals surface area contributed by atoms with Gasteiger partial charge < -0.3 is 25.0 Å². The second-order valence-electron chi connectivity index (χ2n) is 7.26. The second kappa shape index (κ2) is 8.46. The molecule has 9 nitrogen and oxygen atoms in total. The Kier molecular flexibility index (Phi) is 5.73. The Balaban J connectivity index is 0.000000152. The van der Waals surface area contributed by atoms with E-state index in [0.717, 1.165) is 15.6 Å². The number of nitrogens with one attached hydrogen (secondary N) is 3. The van der Waals surface area contributed by atoms with Gasteiger partial charge in [-0.2, -0.15) is 0 Å². The molecule has 3 N–H and O–H groups in total. The van der Waals surface area contributed by atoms with E-state index in [1.165, 1.54) is 0 Å². The van der Waals surface area contributed by atoms with Crippen molar-refractivity contribution in [3.63, 3.8) is 0 Å². The van der Waals surface area contributed by atoms with Crippen LogP contribution in [0.25, 0.3) is 0 Å². The largest absolute Gasteiger partial charge is 0.496 e. The predicted molar refractivity (Wildman–Crippen MR) is 115 cm³/mol. The molecule has 3 unspecified atom stereocenters. The van der Waals surface area contributed by atoms with Crippen molar-refractivity contribution in [1.29, 1.82) is 0 Å². The zero-order valence-electron chi connectivity index (χ0n) is 16.8. The van der Waals surface area contributed by atoms with Crippen molar-refractivity contribution in [3.05, 3.63) is 64.0 Å². The fraction of sp³-hybridized carbons (Fsp3) is 0.286. The highest BCUT2D eigenvalue weighted by molar-refractivity contribution is 9.10. The summed E-state index contributed by atoms with van der Waals surface area (Å²) in [6.45, 7) is 0.677. The van der Waals surface area contributed by atoms with Gasteiger partial charge in [-0.05, 0) is 52.0 Å². The van der Waals surface area contributed by atoms with E-state index >= 15 is 0 Å². The lowest BCUT2D eigenvalue weighted by atomic mass is 10.1. The first kappa shape index (κ1) is 21.0. The Morgan fingerprint density at radius 1 is 1.23 bits per heavy atom. The number of halogens is 1. The van der Waals surface area contributed by atoms with Crippen molar-refractivity contribution in [2.45, 2.75) is 24.7 Å². The molecule has 4 aliphatic heterocycles. The maximum atomic E-state index is 11.7. The van der Waals surface area contributed by atoms with E-state index in [-0.39, 0.29) is 24.0 Å². The summed E-state index contributed by atoms with van der Waals surface area (Å²) in [4.78, 5) is 35.9. The van der Waals surface area contributed by atoms with Gasteiger partial charge in [-0.15, -0.1) is 0 Å². The Morgan fingerprint density at radius 3 is 2.74 bits per heavy atom. The number of amides is 4. The normalized spacial score (nSPS) is 25.3. The molecule has 0 radical (unpaired) electrons. The average Bonchev–Trinajstić information content (AvgIpc) is 3.33. The van der Waals surface area contributed by atoms with Gasteiger partial charge >= 0.3 is 6.03 Å². The van der Waals surface area contributed by atoms with Crippen LogP contribution in [0.1, 0.15) is 15.9 Å². The predicted octanol–water partition coefficient (Wildman–Crippen LogP) is 1.56. The minimum atomic E-state index is -0.714. The molecule has 10 heteroatoms. The molecule has 4 heterocycles. The van der Waals surface area contributed by atoms with Crippen molar-refractivity contribution in [2.75, 3.05) is 14.2 Å². The topological polar surface area (TPSA) is 109 Å². The van der Waals surface area contributed by atoms with Crippen LogP contribution in [0.5, 0.6) is 5.75 Å². The molecule has 4 aliphatic rings. The molecule has 0 bridgehead atoms. The average molecular weight is 489 g/mol. The molecule has 0 spiro atoms. The molecule has 0 aliphatic carbocycles. The molecule has 3 atom stereocenters. The second-order valence-corrected chi connectivity index (χ2v) is 8.05. The van der Waals surface area contributed by atoms with Crippen LogP contribution >= 0.6 is 15.9 Å². The first-order valence-electron chi connectivity index (χ1n) is 9.59. The molecule has 0 aromatic heterocycles. The van der Waals surface area contributed by atoms with E-state index < -0.39 is 12.1 Å². The van der Waals surface area contributed by atoms with Gasteiger partial charge in [0.05, 0.1) is 23.2 Å². The number of fused-ring (bicyclic) bond motifs is 2. The maximum absolute atomic E-state index is 11.7. The van der Waals surface area contributed by atoms with Gasteiger partial charge in [0, 0.05) is 13.6 Å². The van der Waals surface area contributed by atoms with E-state index in [9.17, 15) is 14.4 Å². The SMILES string of the molecule is COc1ccc2c(c1Br)C(=O)N(C)C2.O=C1NC(=O)C(C2=CC3NC=CC=CC3O2)N1. The quantitative estimate of drug-likeness (QED) is 0.545. The molecule has 1 aromatic rings. The number of benzene rings is 1. The number of ether oxygens (including phenoxy) is 2. The summed E-state index contributed by atoms with van der Waals surface area (Å²) >= 11 is 3.39. The van der Waals surface area contributed by atoms with Gasteiger partial charge in [-0.25, -0.2) is 4.79 Å². The number of methoxy groups -OCH3 is 1. The number of hydrogen-bond donors (Lipinski definition) is 3. The van der Waals surface area contributed by atoms with E-state index in [2.05, 4.69) is 31.9 Å². The third-order valence-electron chi connectivity index (χ3n) is 5.21. The molecule has 162 valence electrons. The number of allylic oxidation sites excluding steroid dienone is 2. The smallest absolute Gasteiger partial charge is 0.322 e. The summed E-state index contributed by atoms with van der Waals surface area (Å²) in [5.74, 6) is 0.853. The van der Waals surface area contributed by atoms with Crippen LogP contribution in [0, 0.1) is 0 Å². The van der Waals surface area contributed by atoms with E-state index in [1.807, 2.05) is 42.6 Å². The number of carbonyl (C=O) groups is 3. The molecule has 31 heavy (non-hydrogen) atoms. The van der Waals surface area contributed by atoms with Crippen LogP contribution in [-0.2, 0) is 16.1 Å². The third-order valence-corrected chi connectivity index (χ3v) is 5.99. The fourth-order valence-corrected chi connectivity index (χ4v) is 4.37. The summed E-state index contributed by atoms with van der Waals surface area (Å²) < 4.78 is 11.5. The van der Waals surface area contributed by atoms with E-state index in [4.69, 9.17) is 9.47 Å². The standard InChI is InChI=1S/C11H11N3O3.C10H10BrNO2/c15-10-9(13-11(16)14-10)8-5-6-7(17-8)3-1-2-4-12-6;1-12-5-6-3-4-7(14-2)9(11)8(6)10(12)13/h1-7,9,12H,(H2,13,14,15,16);3-4H,5H2,1-2H3. The lowest BCUT2D eigenvalue weighted by Gasteiger charge is -2.15. The van der Waals surface area contributed by atoms with Gasteiger partial charge in [0.2, 0.25) is 0 Å². The summed E-state index contributed by atoms with van der Waals surface area (Å²) in [6.07, 6.45) is 9.14. The van der Waals surface area contributed by atoms with Crippen molar-refractivity contribution in [3.8, 4) is 5.75 Å². The molecule has 0 saturated carbocycles. The number of hydrogen-bond acceptors (Lipinski definition) is 6. The molecule has 1 saturated heterocycles. The van der Waals surface area contributed by atoms with Crippen LogP contribution in [0.2, 0.25) is 0 Å². The van der Waals surface area contributed by atoms with Gasteiger partial charge in [0.15, 0.2) is 6.04 Å². The molecule has 1 fully saturated rings. The monoisotopic (exact) mass is 488 g/mol. The fourth-order valence-electron chi connectivity index (χ4n) is 3.66. The van der Waals surface area contributed by atoms with Gasteiger partial charge in [0.1, 0.15) is 17.6 Å². The van der Waals surface area contributed by atoms with Crippen LogP contribution in [0.4, 0.5) is 4.79 Å². The molecule has 1 aromatic carbocycles. The first-order valence-corrected chi connectivity index (χ1v) is 10.4. The Bertz CT molecular complexity index is 1030. The number of nitrogens with zero attached hydrogens (tertiary/aromatic N) is 1. The summed E-state index contributed by atoms with van der Waals surface area (Å²) in [5, 5.41) is 7.82. The van der Waals surface area contributed by atoms with Crippen LogP contribution in [-0.4, -0.2) is 55.1 Å². The number of imide groups is 1. The zero-order chi connectivity index (χ0) is 22.1. The summed E-state index contributed by atoms with van der Waals surface area (Å²) in [7, 11) is 3.39. The highest BCUT2D eigenvalue weighted by Crippen LogP contribution is 2.35. The Morgan fingerprint density at radius 2 is 2.03 bits per heavy atom. The number of urea groups is 1. The van der Waals surface area contributed by atoms with Crippen molar-refractivity contribution in [2.24, 2.45) is 0 Å². The minimum Gasteiger partial charge on any atom is -0.496 e. The van der Waals surface area contributed by atoms with Crippen LogP contribution in [0.3, 0.4) is 0 Å². The third kappa shape index (κ3) is 4.02. The van der Waals surface area contributed by atoms with E-state index in [0.29, 0.717) is 18.1 Å². The van der Waals surface area contributed by atoms with Gasteiger partial charge in [0.25, 0.3) is 11.8 Å². The van der Waals surface area contributed by atoms with Crippen molar-refractivity contribution >= 4 is 33.8 Å². The van der Waals surface area contributed by atoms with Gasteiger partial charge in [-0.3, -0.25) is 14.9 Å². The highest BCUT2D eigenvalue weighted by Gasteiger charge is 2.39. The highest BCUT2D eigenvalue weighted by atomic mass is 79.9. The first-order chi connectivity index (χ1) is 14.9. The van der Waals surface area contributed by atoms with E-state index in [1.54, 1.807) is 19.1 Å². The summed E-state index contributed by atoms with van der Waals surface area (Å²) in [5.41, 5.74) is 1.78. The Hall–Kier alpha value is -3.27. The van der Waals surface area contributed by atoms with Crippen LogP contribution < -0.4 is 20.7 Å². The maximum Gasteiger partial charge on any atom is 0.322 e. The van der Waals surface area contributed by atoms with Gasteiger partial charge in [-0.1, -0.05) is 12.1 Å². The molecular weight excluding hydrogens is 468 g/mol.